The second-order valence-electron chi connectivity index (χ2n) is 4.93. The molecule has 0 aliphatic heterocycles. The molecule has 76 valence electrons. The summed E-state index contributed by atoms with van der Waals surface area (Å²) in [5, 5.41) is 4.28. The molecule has 3 rings (SSSR count). The monoisotopic (exact) mass is 192 g/mol. The first kappa shape index (κ1) is 8.45. The first-order valence-electron chi connectivity index (χ1n) is 5.69. The molecule has 0 radical (unpaired) electrons. The van der Waals surface area contributed by atoms with Crippen molar-refractivity contribution in [2.45, 2.75) is 38.5 Å². The van der Waals surface area contributed by atoms with E-state index in [1.807, 2.05) is 0 Å². The molecule has 0 aromatic heterocycles. The molecule has 3 saturated carbocycles. The van der Waals surface area contributed by atoms with E-state index in [4.69, 9.17) is 0 Å². The Morgan fingerprint density at radius 2 is 2.14 bits per heavy atom. The number of hydrazone groups is 1. The van der Waals surface area contributed by atoms with Crippen LogP contribution in [0.4, 0.5) is 0 Å². The van der Waals surface area contributed by atoms with Crippen molar-refractivity contribution in [2.75, 3.05) is 0 Å². The van der Waals surface area contributed by atoms with E-state index in [2.05, 4.69) is 10.5 Å². The van der Waals surface area contributed by atoms with Gasteiger partial charge in [-0.1, -0.05) is 0 Å². The van der Waals surface area contributed by atoms with Gasteiger partial charge in [0.15, 0.2) is 0 Å². The zero-order valence-electron chi connectivity index (χ0n) is 8.33. The zero-order chi connectivity index (χ0) is 9.54. The van der Waals surface area contributed by atoms with Gasteiger partial charge < -0.3 is 0 Å². The predicted octanol–water partition coefficient (Wildman–Crippen LogP) is 1.69. The summed E-state index contributed by atoms with van der Waals surface area (Å²) in [7, 11) is 0. The third kappa shape index (κ3) is 1.45. The molecule has 3 heteroatoms. The van der Waals surface area contributed by atoms with Crippen LogP contribution in [0.5, 0.6) is 0 Å². The van der Waals surface area contributed by atoms with Crippen LogP contribution in [-0.4, -0.2) is 11.6 Å². The highest BCUT2D eigenvalue weighted by molar-refractivity contribution is 5.91. The van der Waals surface area contributed by atoms with Gasteiger partial charge in [0.25, 0.3) is 0 Å². The standard InChI is InChI=1S/C11H16N2O/c14-11(8-3-4-8)13-12-10-6-7-1-2-9(10)5-7/h7-9H,1-6H2,(H,13,14)/b12-10-. The third-order valence-electron chi connectivity index (χ3n) is 3.77. The van der Waals surface area contributed by atoms with Crippen LogP contribution in [0.2, 0.25) is 0 Å². The van der Waals surface area contributed by atoms with Crippen LogP contribution >= 0.6 is 0 Å². The molecule has 0 aromatic rings. The van der Waals surface area contributed by atoms with Crippen LogP contribution in [0, 0.1) is 17.8 Å². The molecule has 0 spiro atoms. The lowest BCUT2D eigenvalue weighted by Crippen LogP contribution is -2.22. The highest BCUT2D eigenvalue weighted by Gasteiger charge is 2.37. The van der Waals surface area contributed by atoms with Crippen molar-refractivity contribution >= 4 is 11.6 Å². The highest BCUT2D eigenvalue weighted by atomic mass is 16.2. The Morgan fingerprint density at radius 3 is 2.71 bits per heavy atom. The Bertz CT molecular complexity index is 294. The zero-order valence-corrected chi connectivity index (χ0v) is 8.33. The van der Waals surface area contributed by atoms with Gasteiger partial charge in [0.05, 0.1) is 0 Å². The minimum absolute atomic E-state index is 0.139. The highest BCUT2D eigenvalue weighted by Crippen LogP contribution is 2.42. The topological polar surface area (TPSA) is 41.5 Å². The van der Waals surface area contributed by atoms with E-state index in [1.165, 1.54) is 25.0 Å². The summed E-state index contributed by atoms with van der Waals surface area (Å²) in [5.74, 6) is 1.98. The van der Waals surface area contributed by atoms with E-state index in [0.29, 0.717) is 5.92 Å². The van der Waals surface area contributed by atoms with E-state index in [0.717, 1.165) is 25.2 Å². The van der Waals surface area contributed by atoms with Crippen molar-refractivity contribution in [1.82, 2.24) is 5.43 Å². The molecular formula is C11H16N2O. The second-order valence-corrected chi connectivity index (χ2v) is 4.93. The van der Waals surface area contributed by atoms with Gasteiger partial charge in [-0.25, -0.2) is 5.43 Å². The fourth-order valence-electron chi connectivity index (χ4n) is 2.73. The van der Waals surface area contributed by atoms with Crippen molar-refractivity contribution in [2.24, 2.45) is 22.9 Å². The first-order chi connectivity index (χ1) is 6.83. The van der Waals surface area contributed by atoms with Crippen LogP contribution in [0.15, 0.2) is 5.10 Å². The molecule has 0 heterocycles. The maximum absolute atomic E-state index is 11.4. The first-order valence-corrected chi connectivity index (χ1v) is 5.69. The number of carbonyl (C=O) groups is 1. The molecule has 1 amide bonds. The SMILES string of the molecule is O=C(N/N=C1/CC2CCC1C2)C1CC1. The lowest BCUT2D eigenvalue weighted by Gasteiger charge is -2.11. The lowest BCUT2D eigenvalue weighted by atomic mass is 9.99. The van der Waals surface area contributed by atoms with E-state index >= 15 is 0 Å². The Morgan fingerprint density at radius 1 is 1.29 bits per heavy atom. The van der Waals surface area contributed by atoms with Crippen LogP contribution in [0.25, 0.3) is 0 Å². The number of nitrogens with one attached hydrogen (secondary N) is 1. The number of rotatable bonds is 2. The Hall–Kier alpha value is -0.860. The molecule has 14 heavy (non-hydrogen) atoms. The van der Waals surface area contributed by atoms with Crippen molar-refractivity contribution in [3.63, 3.8) is 0 Å². The van der Waals surface area contributed by atoms with Crippen LogP contribution in [-0.2, 0) is 4.79 Å². The second kappa shape index (κ2) is 3.07. The predicted molar refractivity (Wildman–Crippen MR) is 53.7 cm³/mol. The van der Waals surface area contributed by atoms with Gasteiger partial charge in [-0.15, -0.1) is 0 Å². The fourth-order valence-corrected chi connectivity index (χ4v) is 2.73. The summed E-state index contributed by atoms with van der Waals surface area (Å²) >= 11 is 0. The number of hydrogen-bond acceptors (Lipinski definition) is 2. The molecule has 2 atom stereocenters. The average Bonchev–Trinajstić information content (AvgIpc) is 2.85. The van der Waals surface area contributed by atoms with Gasteiger partial charge in [0.2, 0.25) is 5.91 Å². The molecule has 2 unspecified atom stereocenters. The molecule has 0 saturated heterocycles. The molecule has 0 aromatic carbocycles. The van der Waals surface area contributed by atoms with Gasteiger partial charge in [-0.2, -0.15) is 5.10 Å². The molecule has 3 fully saturated rings. The molecule has 1 N–H and O–H groups in total. The minimum atomic E-state index is 0.139. The van der Waals surface area contributed by atoms with E-state index in [1.54, 1.807) is 0 Å². The van der Waals surface area contributed by atoms with Crippen molar-refractivity contribution in [1.29, 1.82) is 0 Å². The lowest BCUT2D eigenvalue weighted by molar-refractivity contribution is -0.122. The maximum Gasteiger partial charge on any atom is 0.243 e. The number of fused-ring (bicyclic) bond motifs is 2. The average molecular weight is 192 g/mol. The molecule has 3 nitrogen and oxygen atoms in total. The van der Waals surface area contributed by atoms with Crippen LogP contribution in [0.1, 0.15) is 38.5 Å². The molecule has 3 aliphatic carbocycles. The Kier molecular flexibility index (Phi) is 1.85. The fraction of sp³-hybridized carbons (Fsp3) is 0.818. The number of hydrogen-bond donors (Lipinski definition) is 1. The summed E-state index contributed by atoms with van der Waals surface area (Å²) in [6.45, 7) is 0. The summed E-state index contributed by atoms with van der Waals surface area (Å²) in [6.07, 6.45) is 7.24. The summed E-state index contributed by atoms with van der Waals surface area (Å²) < 4.78 is 0. The normalized spacial score (nSPS) is 37.9. The quantitative estimate of drug-likeness (QED) is 0.664. The van der Waals surface area contributed by atoms with Crippen molar-refractivity contribution in [3.05, 3.63) is 0 Å². The van der Waals surface area contributed by atoms with Crippen molar-refractivity contribution in [3.8, 4) is 0 Å². The van der Waals surface area contributed by atoms with Crippen molar-refractivity contribution < 1.29 is 4.79 Å². The molecule has 2 bridgehead atoms. The Labute approximate surface area is 83.9 Å². The summed E-state index contributed by atoms with van der Waals surface area (Å²) in [5.41, 5.74) is 3.98. The van der Waals surface area contributed by atoms with Gasteiger partial charge in [0, 0.05) is 11.6 Å². The smallest absolute Gasteiger partial charge is 0.243 e. The third-order valence-corrected chi connectivity index (χ3v) is 3.77. The van der Waals surface area contributed by atoms with E-state index in [9.17, 15) is 4.79 Å². The Balaban J connectivity index is 1.59. The van der Waals surface area contributed by atoms with E-state index in [-0.39, 0.29) is 11.8 Å². The van der Waals surface area contributed by atoms with Gasteiger partial charge in [0.1, 0.15) is 0 Å². The number of carbonyl (C=O) groups excluding carboxylic acids is 1. The molecular weight excluding hydrogens is 176 g/mol. The maximum atomic E-state index is 11.4. The number of amides is 1. The summed E-state index contributed by atoms with van der Waals surface area (Å²) in [6, 6.07) is 0. The van der Waals surface area contributed by atoms with Gasteiger partial charge >= 0.3 is 0 Å². The van der Waals surface area contributed by atoms with Gasteiger partial charge in [-0.05, 0) is 50.4 Å². The van der Waals surface area contributed by atoms with E-state index < -0.39 is 0 Å². The van der Waals surface area contributed by atoms with Crippen LogP contribution in [0.3, 0.4) is 0 Å². The van der Waals surface area contributed by atoms with Crippen LogP contribution < -0.4 is 5.43 Å². The number of nitrogens with zero attached hydrogens (tertiary/aromatic N) is 1. The summed E-state index contributed by atoms with van der Waals surface area (Å²) in [4.78, 5) is 11.4. The largest absolute Gasteiger partial charge is 0.273 e. The minimum Gasteiger partial charge on any atom is -0.273 e. The molecule has 3 aliphatic rings. The van der Waals surface area contributed by atoms with Gasteiger partial charge in [-0.3, -0.25) is 4.79 Å².